The monoisotopic (exact) mass is 519 g/mol. The molecule has 0 aliphatic rings. The van der Waals surface area contributed by atoms with E-state index in [1.165, 1.54) is 21.9 Å². The highest BCUT2D eigenvalue weighted by Gasteiger charge is 2.19. The van der Waals surface area contributed by atoms with E-state index >= 15 is 0 Å². The third kappa shape index (κ3) is 3.59. The quantitative estimate of drug-likeness (QED) is 0.233. The number of thiophene rings is 1. The van der Waals surface area contributed by atoms with Gasteiger partial charge in [0.05, 0.1) is 22.4 Å². The molecule has 0 N–H and O–H groups in total. The van der Waals surface area contributed by atoms with Crippen molar-refractivity contribution in [2.45, 2.75) is 0 Å². The van der Waals surface area contributed by atoms with Gasteiger partial charge in [-0.3, -0.25) is 4.98 Å². The van der Waals surface area contributed by atoms with Gasteiger partial charge in [-0.05, 0) is 70.9 Å². The van der Waals surface area contributed by atoms with E-state index in [2.05, 4.69) is 93.1 Å². The fraction of sp³-hybridized carbons (Fsp3) is 0. The van der Waals surface area contributed by atoms with Gasteiger partial charge in [-0.2, -0.15) is 11.3 Å². The van der Waals surface area contributed by atoms with Crippen LogP contribution in [0.3, 0.4) is 0 Å². The first-order valence-electron chi connectivity index (χ1n) is 12.8. The van der Waals surface area contributed by atoms with Crippen molar-refractivity contribution in [3.63, 3.8) is 0 Å². The molecule has 0 aliphatic carbocycles. The minimum Gasteiger partial charge on any atom is -0.436 e. The van der Waals surface area contributed by atoms with Crippen LogP contribution in [0.1, 0.15) is 0 Å². The maximum Gasteiger partial charge on any atom is 0.227 e. The Labute approximate surface area is 228 Å². The summed E-state index contributed by atoms with van der Waals surface area (Å²) in [7, 11) is 0. The Balaban J connectivity index is 1.44. The van der Waals surface area contributed by atoms with E-state index in [0.717, 1.165) is 44.6 Å². The molecule has 0 aliphatic heterocycles. The van der Waals surface area contributed by atoms with Crippen molar-refractivity contribution in [2.24, 2.45) is 0 Å². The van der Waals surface area contributed by atoms with Gasteiger partial charge in [0.15, 0.2) is 5.58 Å². The normalized spacial score (nSPS) is 11.6. The van der Waals surface area contributed by atoms with Gasteiger partial charge in [0.2, 0.25) is 5.89 Å². The zero-order chi connectivity index (χ0) is 25.8. The predicted octanol–water partition coefficient (Wildman–Crippen LogP) is 9.38. The van der Waals surface area contributed by atoms with E-state index < -0.39 is 0 Å². The van der Waals surface area contributed by atoms with Crippen LogP contribution in [0.15, 0.2) is 131 Å². The molecule has 8 rings (SSSR count). The van der Waals surface area contributed by atoms with Crippen molar-refractivity contribution in [2.75, 3.05) is 0 Å². The Morgan fingerprint density at radius 3 is 2.38 bits per heavy atom. The zero-order valence-electron chi connectivity index (χ0n) is 20.8. The number of nitrogens with zero attached hydrogens (tertiary/aromatic N) is 3. The van der Waals surface area contributed by atoms with E-state index in [-0.39, 0.29) is 0 Å². The molecule has 0 unspecified atom stereocenters. The molecule has 0 fully saturated rings. The molecule has 0 spiro atoms. The number of oxazole rings is 1. The average Bonchev–Trinajstić information content (AvgIpc) is 3.75. The number of hydrogen-bond donors (Lipinski definition) is 0. The van der Waals surface area contributed by atoms with Gasteiger partial charge in [0, 0.05) is 33.7 Å². The van der Waals surface area contributed by atoms with Crippen molar-refractivity contribution >= 4 is 44.2 Å². The predicted molar refractivity (Wildman–Crippen MR) is 160 cm³/mol. The highest BCUT2D eigenvalue weighted by molar-refractivity contribution is 7.08. The van der Waals surface area contributed by atoms with Crippen molar-refractivity contribution in [3.05, 3.63) is 126 Å². The molecule has 0 amide bonds. The summed E-state index contributed by atoms with van der Waals surface area (Å²) in [4.78, 5) is 9.41. The zero-order valence-corrected chi connectivity index (χ0v) is 21.6. The molecule has 0 atom stereocenters. The number of hydrogen-bond acceptors (Lipinski definition) is 4. The van der Waals surface area contributed by atoms with E-state index in [1.54, 1.807) is 11.3 Å². The van der Waals surface area contributed by atoms with Crippen LogP contribution >= 0.6 is 11.3 Å². The third-order valence-corrected chi connectivity index (χ3v) is 7.93. The molecule has 0 radical (unpaired) electrons. The molecule has 8 aromatic rings. The Morgan fingerprint density at radius 2 is 1.51 bits per heavy atom. The number of benzene rings is 4. The first kappa shape index (κ1) is 22.0. The van der Waals surface area contributed by atoms with Gasteiger partial charge in [0.1, 0.15) is 5.52 Å². The summed E-state index contributed by atoms with van der Waals surface area (Å²) in [5.74, 6) is 0.621. The standard InChI is InChI=1S/C34H21N3OS/c1-3-10-30-26(7-1)27-15-13-23(34-36-29-9-2-4-11-33(29)38-34)20-32(27)37(30)31-19-22(28-8-5-6-17-35-28)12-14-25(31)24-16-18-39-21-24/h1-21H. The van der Waals surface area contributed by atoms with Crippen LogP contribution in [0, 0.1) is 0 Å². The number of aromatic nitrogens is 3. The van der Waals surface area contributed by atoms with Crippen molar-refractivity contribution in [1.82, 2.24) is 14.5 Å². The lowest BCUT2D eigenvalue weighted by Gasteiger charge is -2.15. The summed E-state index contributed by atoms with van der Waals surface area (Å²) in [6.45, 7) is 0. The van der Waals surface area contributed by atoms with Crippen LogP contribution in [0.5, 0.6) is 0 Å². The number of para-hydroxylation sites is 3. The van der Waals surface area contributed by atoms with Gasteiger partial charge in [0.25, 0.3) is 0 Å². The molecule has 4 aromatic heterocycles. The molecule has 5 heteroatoms. The number of rotatable bonds is 4. The van der Waals surface area contributed by atoms with Crippen molar-refractivity contribution < 1.29 is 4.42 Å². The second kappa shape index (κ2) is 8.79. The molecule has 39 heavy (non-hydrogen) atoms. The minimum atomic E-state index is 0.621. The van der Waals surface area contributed by atoms with E-state index in [0.29, 0.717) is 5.89 Å². The minimum absolute atomic E-state index is 0.621. The molecular formula is C34H21N3OS. The summed E-state index contributed by atoms with van der Waals surface area (Å²) in [5, 5.41) is 6.72. The highest BCUT2D eigenvalue weighted by Crippen LogP contribution is 2.39. The van der Waals surface area contributed by atoms with Gasteiger partial charge < -0.3 is 8.98 Å². The molecule has 0 bridgehead atoms. The average molecular weight is 520 g/mol. The second-order valence-electron chi connectivity index (χ2n) is 9.53. The Kier molecular flexibility index (Phi) is 4.96. The van der Waals surface area contributed by atoms with Crippen LogP contribution in [0.2, 0.25) is 0 Å². The highest BCUT2D eigenvalue weighted by atomic mass is 32.1. The summed E-state index contributed by atoms with van der Waals surface area (Å²) in [5.41, 5.74) is 10.3. The first-order valence-corrected chi connectivity index (χ1v) is 13.8. The SMILES string of the molecule is c1ccc(-c2ccc(-c3ccsc3)c(-n3c4ccccc4c4ccc(-c5nc6ccccc6o5)cc43)c2)nc1. The van der Waals surface area contributed by atoms with E-state index in [1.807, 2.05) is 42.6 Å². The maximum atomic E-state index is 6.15. The van der Waals surface area contributed by atoms with Gasteiger partial charge >= 0.3 is 0 Å². The fourth-order valence-corrected chi connectivity index (χ4v) is 6.09. The van der Waals surface area contributed by atoms with Crippen LogP contribution < -0.4 is 0 Å². The lowest BCUT2D eigenvalue weighted by molar-refractivity contribution is 0.620. The van der Waals surface area contributed by atoms with Gasteiger partial charge in [-0.15, -0.1) is 0 Å². The molecule has 4 nitrogen and oxygen atoms in total. The third-order valence-electron chi connectivity index (χ3n) is 7.25. The van der Waals surface area contributed by atoms with Crippen LogP contribution in [-0.4, -0.2) is 14.5 Å². The van der Waals surface area contributed by atoms with Gasteiger partial charge in [-0.25, -0.2) is 4.98 Å². The fourth-order valence-electron chi connectivity index (χ4n) is 5.43. The maximum absolute atomic E-state index is 6.15. The lowest BCUT2D eigenvalue weighted by atomic mass is 10.0. The number of pyridine rings is 1. The molecule has 0 saturated carbocycles. The van der Waals surface area contributed by atoms with E-state index in [9.17, 15) is 0 Å². The second-order valence-corrected chi connectivity index (χ2v) is 10.3. The van der Waals surface area contributed by atoms with Gasteiger partial charge in [-0.1, -0.05) is 54.6 Å². The summed E-state index contributed by atoms with van der Waals surface area (Å²) in [6, 6.07) is 37.8. The van der Waals surface area contributed by atoms with Crippen LogP contribution in [0.4, 0.5) is 0 Å². The Morgan fingerprint density at radius 1 is 0.667 bits per heavy atom. The summed E-state index contributed by atoms with van der Waals surface area (Å²) in [6.07, 6.45) is 1.84. The Bertz CT molecular complexity index is 2090. The lowest BCUT2D eigenvalue weighted by Crippen LogP contribution is -1.98. The molecule has 184 valence electrons. The van der Waals surface area contributed by atoms with E-state index in [4.69, 9.17) is 9.40 Å². The smallest absolute Gasteiger partial charge is 0.227 e. The molecule has 4 heterocycles. The number of fused-ring (bicyclic) bond motifs is 4. The van der Waals surface area contributed by atoms with Crippen LogP contribution in [-0.2, 0) is 0 Å². The molecular weight excluding hydrogens is 498 g/mol. The summed E-state index contributed by atoms with van der Waals surface area (Å²) >= 11 is 1.71. The molecule has 0 saturated heterocycles. The largest absolute Gasteiger partial charge is 0.436 e. The van der Waals surface area contributed by atoms with Crippen molar-refractivity contribution in [1.29, 1.82) is 0 Å². The Hall–Kier alpha value is -5.00. The first-order chi connectivity index (χ1) is 19.3. The van der Waals surface area contributed by atoms with Crippen molar-refractivity contribution in [3.8, 4) is 39.5 Å². The summed E-state index contributed by atoms with van der Waals surface area (Å²) < 4.78 is 8.53. The van der Waals surface area contributed by atoms with Crippen LogP contribution in [0.25, 0.3) is 72.4 Å². The molecule has 4 aromatic carbocycles. The topological polar surface area (TPSA) is 43.9 Å².